The molecule has 110 valence electrons. The van der Waals surface area contributed by atoms with Gasteiger partial charge >= 0.3 is 0 Å². The number of carbonyl (C=O) groups excluding carboxylic acids is 1. The summed E-state index contributed by atoms with van der Waals surface area (Å²) in [6.45, 7) is 6.17. The molecule has 0 bridgehead atoms. The van der Waals surface area contributed by atoms with Crippen LogP contribution in [0.3, 0.4) is 0 Å². The van der Waals surface area contributed by atoms with Crippen LogP contribution in [-0.2, 0) is 4.74 Å². The van der Waals surface area contributed by atoms with E-state index in [9.17, 15) is 4.79 Å². The van der Waals surface area contributed by atoms with Gasteiger partial charge in [-0.2, -0.15) is 0 Å². The Bertz CT molecular complexity index is 876. The Morgan fingerprint density at radius 2 is 1.82 bits per heavy atom. The van der Waals surface area contributed by atoms with Crippen LogP contribution < -0.4 is 0 Å². The standard InChI is InChI=1S/C20H18O2/c1-12(2)10-20(3)11-16-18(21)14-8-4-6-13-7-5-9-15(17(13)14)19(16)22-20/h4-10H,11H2,1-3H3. The zero-order valence-electron chi connectivity index (χ0n) is 13.1. The monoisotopic (exact) mass is 290 g/mol. The number of hydrogen-bond donors (Lipinski definition) is 0. The van der Waals surface area contributed by atoms with Crippen molar-refractivity contribution in [3.63, 3.8) is 0 Å². The lowest BCUT2D eigenvalue weighted by Gasteiger charge is -2.23. The number of Topliss-reactive ketones (excluding diaryl/α,β-unsaturated/α-hetero) is 1. The van der Waals surface area contributed by atoms with E-state index in [1.165, 1.54) is 5.57 Å². The quantitative estimate of drug-likeness (QED) is 0.699. The molecular weight excluding hydrogens is 272 g/mol. The van der Waals surface area contributed by atoms with E-state index in [1.807, 2.05) is 30.3 Å². The maximum Gasteiger partial charge on any atom is 0.193 e. The highest BCUT2D eigenvalue weighted by Gasteiger charge is 2.41. The largest absolute Gasteiger partial charge is 0.482 e. The summed E-state index contributed by atoms with van der Waals surface area (Å²) in [6.07, 6.45) is 2.75. The minimum Gasteiger partial charge on any atom is -0.482 e. The molecule has 22 heavy (non-hydrogen) atoms. The van der Waals surface area contributed by atoms with Crippen molar-refractivity contribution in [1.29, 1.82) is 0 Å². The molecule has 1 aliphatic heterocycles. The van der Waals surface area contributed by atoms with Gasteiger partial charge in [-0.15, -0.1) is 0 Å². The third kappa shape index (κ3) is 1.77. The van der Waals surface area contributed by atoms with E-state index in [4.69, 9.17) is 4.74 Å². The average Bonchev–Trinajstić information content (AvgIpc) is 2.81. The van der Waals surface area contributed by atoms with Crippen LogP contribution in [0.2, 0.25) is 0 Å². The second-order valence-corrected chi connectivity index (χ2v) is 6.66. The highest BCUT2D eigenvalue weighted by molar-refractivity contribution is 6.24. The minimum atomic E-state index is -0.427. The number of carbonyl (C=O) groups is 1. The molecule has 0 fully saturated rings. The minimum absolute atomic E-state index is 0.116. The van der Waals surface area contributed by atoms with Crippen LogP contribution in [0.25, 0.3) is 16.5 Å². The lowest BCUT2D eigenvalue weighted by atomic mass is 9.84. The summed E-state index contributed by atoms with van der Waals surface area (Å²) in [7, 11) is 0. The first kappa shape index (κ1) is 13.3. The zero-order valence-corrected chi connectivity index (χ0v) is 13.1. The molecule has 2 aromatic carbocycles. The predicted molar refractivity (Wildman–Crippen MR) is 88.7 cm³/mol. The summed E-state index contributed by atoms with van der Waals surface area (Å²) < 4.78 is 6.26. The van der Waals surface area contributed by atoms with E-state index in [-0.39, 0.29) is 5.78 Å². The van der Waals surface area contributed by atoms with Crippen LogP contribution in [0.15, 0.2) is 53.6 Å². The molecule has 2 aromatic rings. The smallest absolute Gasteiger partial charge is 0.193 e. The van der Waals surface area contributed by atoms with Crippen molar-refractivity contribution in [3.8, 4) is 0 Å². The van der Waals surface area contributed by atoms with Gasteiger partial charge in [-0.05, 0) is 32.2 Å². The summed E-state index contributed by atoms with van der Waals surface area (Å²) in [4.78, 5) is 12.9. The van der Waals surface area contributed by atoms with Crippen LogP contribution in [0, 0.1) is 0 Å². The number of allylic oxidation sites excluding steroid dienone is 1. The van der Waals surface area contributed by atoms with E-state index < -0.39 is 5.60 Å². The molecule has 0 amide bonds. The third-order valence-corrected chi connectivity index (χ3v) is 4.40. The first-order chi connectivity index (χ1) is 10.5. The predicted octanol–water partition coefficient (Wildman–Crippen LogP) is 4.89. The summed E-state index contributed by atoms with van der Waals surface area (Å²) in [5.74, 6) is 0.888. The fourth-order valence-electron chi connectivity index (χ4n) is 3.74. The van der Waals surface area contributed by atoms with E-state index >= 15 is 0 Å². The second kappa shape index (κ2) is 4.33. The summed E-state index contributed by atoms with van der Waals surface area (Å²) in [5, 5.41) is 2.12. The molecule has 1 unspecified atom stereocenters. The fraction of sp³-hybridized carbons (Fsp3) is 0.250. The van der Waals surface area contributed by atoms with Gasteiger partial charge in [0.2, 0.25) is 0 Å². The van der Waals surface area contributed by atoms with Gasteiger partial charge in [-0.25, -0.2) is 0 Å². The van der Waals surface area contributed by atoms with E-state index in [2.05, 4.69) is 32.9 Å². The molecule has 0 N–H and O–H groups in total. The normalized spacial score (nSPS) is 22.6. The molecule has 0 saturated heterocycles. The molecule has 2 heteroatoms. The maximum atomic E-state index is 12.9. The lowest BCUT2D eigenvalue weighted by Crippen LogP contribution is -2.21. The summed E-state index contributed by atoms with van der Waals surface area (Å²) in [5.41, 5.74) is 3.44. The van der Waals surface area contributed by atoms with Crippen molar-refractivity contribution >= 4 is 22.3 Å². The van der Waals surface area contributed by atoms with Gasteiger partial charge in [0.15, 0.2) is 5.78 Å². The highest BCUT2D eigenvalue weighted by Crippen LogP contribution is 2.47. The number of ether oxygens (including phenoxy) is 1. The average molecular weight is 290 g/mol. The van der Waals surface area contributed by atoms with Crippen LogP contribution >= 0.6 is 0 Å². The topological polar surface area (TPSA) is 26.3 Å². The van der Waals surface area contributed by atoms with E-state index in [1.54, 1.807) is 0 Å². The van der Waals surface area contributed by atoms with Gasteiger partial charge in [0.05, 0.1) is 0 Å². The Hall–Kier alpha value is -2.35. The van der Waals surface area contributed by atoms with Gasteiger partial charge in [-0.1, -0.05) is 42.0 Å². The Balaban J connectivity index is 1.95. The Morgan fingerprint density at radius 1 is 1.14 bits per heavy atom. The molecule has 1 atom stereocenters. The Labute approximate surface area is 130 Å². The molecule has 0 saturated carbocycles. The van der Waals surface area contributed by atoms with Gasteiger partial charge < -0.3 is 4.74 Å². The molecule has 0 spiro atoms. The fourth-order valence-corrected chi connectivity index (χ4v) is 3.74. The lowest BCUT2D eigenvalue weighted by molar-refractivity contribution is 0.102. The summed E-state index contributed by atoms with van der Waals surface area (Å²) in [6, 6.07) is 12.1. The van der Waals surface area contributed by atoms with E-state index in [0.717, 1.165) is 33.2 Å². The van der Waals surface area contributed by atoms with Gasteiger partial charge in [-0.3, -0.25) is 4.79 Å². The van der Waals surface area contributed by atoms with Crippen molar-refractivity contribution < 1.29 is 9.53 Å². The van der Waals surface area contributed by atoms with Crippen molar-refractivity contribution in [2.75, 3.05) is 0 Å². The summed E-state index contributed by atoms with van der Waals surface area (Å²) >= 11 is 0. The maximum absolute atomic E-state index is 12.9. The van der Waals surface area contributed by atoms with Crippen LogP contribution in [-0.4, -0.2) is 11.4 Å². The van der Waals surface area contributed by atoms with Gasteiger partial charge in [0.25, 0.3) is 0 Å². The Kier molecular flexibility index (Phi) is 2.62. The first-order valence-corrected chi connectivity index (χ1v) is 7.63. The molecule has 1 aliphatic carbocycles. The van der Waals surface area contributed by atoms with Gasteiger partial charge in [0, 0.05) is 28.5 Å². The second-order valence-electron chi connectivity index (χ2n) is 6.66. The van der Waals surface area contributed by atoms with Crippen LogP contribution in [0.4, 0.5) is 0 Å². The number of ketones is 1. The van der Waals surface area contributed by atoms with Crippen molar-refractivity contribution in [2.24, 2.45) is 0 Å². The number of hydrogen-bond acceptors (Lipinski definition) is 2. The molecule has 0 radical (unpaired) electrons. The molecular formula is C20H18O2. The van der Waals surface area contributed by atoms with Crippen LogP contribution in [0.5, 0.6) is 0 Å². The number of rotatable bonds is 1. The SMILES string of the molecule is CC(C)=CC1(C)CC2=C(O1)c1cccc3cccc(c13)C2=O. The molecule has 4 rings (SSSR count). The molecule has 0 aromatic heterocycles. The van der Waals surface area contributed by atoms with Gasteiger partial charge in [0.1, 0.15) is 11.4 Å². The molecule has 2 nitrogen and oxygen atoms in total. The number of fused-ring (bicyclic) bond motifs is 1. The number of benzene rings is 2. The zero-order chi connectivity index (χ0) is 15.5. The Morgan fingerprint density at radius 3 is 2.50 bits per heavy atom. The van der Waals surface area contributed by atoms with Crippen molar-refractivity contribution in [2.45, 2.75) is 32.8 Å². The third-order valence-electron chi connectivity index (χ3n) is 4.40. The van der Waals surface area contributed by atoms with Crippen molar-refractivity contribution in [3.05, 3.63) is 64.7 Å². The first-order valence-electron chi connectivity index (χ1n) is 7.63. The highest BCUT2D eigenvalue weighted by atomic mass is 16.5. The van der Waals surface area contributed by atoms with Crippen LogP contribution in [0.1, 0.15) is 43.1 Å². The van der Waals surface area contributed by atoms with Crippen molar-refractivity contribution in [1.82, 2.24) is 0 Å². The van der Waals surface area contributed by atoms with E-state index in [0.29, 0.717) is 6.42 Å². The molecule has 1 heterocycles. The molecule has 2 aliphatic rings.